The molecule has 1 heteroatoms. The second-order valence-corrected chi connectivity index (χ2v) is 9.83. The molecule has 4 aromatic rings. The van der Waals surface area contributed by atoms with Crippen LogP contribution in [0.25, 0.3) is 16.7 Å². The van der Waals surface area contributed by atoms with Crippen LogP contribution in [0.5, 0.6) is 0 Å². The highest BCUT2D eigenvalue weighted by Crippen LogP contribution is 2.60. The summed E-state index contributed by atoms with van der Waals surface area (Å²) in [6.07, 6.45) is 16.5. The minimum atomic E-state index is -0.526. The Balaban J connectivity index is 1.84. The smallest absolute Gasteiger partial charge is 0.0734 e. The summed E-state index contributed by atoms with van der Waals surface area (Å²) in [5.41, 5.74) is 11.2. The van der Waals surface area contributed by atoms with Gasteiger partial charge in [0, 0.05) is 23.0 Å². The highest BCUT2D eigenvalue weighted by molar-refractivity contribution is 5.97. The number of allylic oxidation sites excluding steroid dienone is 8. The Morgan fingerprint density at radius 2 is 1.38 bits per heavy atom. The van der Waals surface area contributed by atoms with Gasteiger partial charge in [0.25, 0.3) is 0 Å². The fourth-order valence-electron chi connectivity index (χ4n) is 6.16. The van der Waals surface area contributed by atoms with Gasteiger partial charge in [-0.15, -0.1) is 0 Å². The maximum Gasteiger partial charge on any atom is 0.0734 e. The molecule has 0 aromatic heterocycles. The summed E-state index contributed by atoms with van der Waals surface area (Å²) in [6.45, 7) is 10.7. The van der Waals surface area contributed by atoms with Crippen molar-refractivity contribution in [3.05, 3.63) is 192 Å². The molecular formula is C38H31N. The fraction of sp³-hybridized carbons (Fsp3) is 0.0526. The second-order valence-electron chi connectivity index (χ2n) is 9.83. The maximum atomic E-state index is 4.50. The van der Waals surface area contributed by atoms with E-state index < -0.39 is 5.41 Å². The second kappa shape index (κ2) is 10.1. The first-order valence-electron chi connectivity index (χ1n) is 13.4. The van der Waals surface area contributed by atoms with Crippen LogP contribution in [0.15, 0.2) is 165 Å². The molecule has 0 unspecified atom stereocenters. The van der Waals surface area contributed by atoms with Gasteiger partial charge in [0.1, 0.15) is 0 Å². The molecule has 0 bridgehead atoms. The van der Waals surface area contributed by atoms with Gasteiger partial charge in [0.15, 0.2) is 0 Å². The molecule has 0 radical (unpaired) electrons. The Kier molecular flexibility index (Phi) is 6.34. The third-order valence-corrected chi connectivity index (χ3v) is 7.77. The number of rotatable bonds is 5. The molecule has 1 heterocycles. The monoisotopic (exact) mass is 501 g/mol. The zero-order valence-corrected chi connectivity index (χ0v) is 22.2. The fourth-order valence-corrected chi connectivity index (χ4v) is 6.16. The van der Waals surface area contributed by atoms with Crippen LogP contribution in [0.3, 0.4) is 0 Å². The number of benzene rings is 4. The molecule has 0 spiro atoms. The molecule has 0 amide bonds. The summed E-state index contributed by atoms with van der Waals surface area (Å²) < 4.78 is 0. The van der Waals surface area contributed by atoms with Crippen molar-refractivity contribution in [1.82, 2.24) is 0 Å². The summed E-state index contributed by atoms with van der Waals surface area (Å²) in [7, 11) is 0. The molecule has 0 N–H and O–H groups in total. The molecule has 4 aromatic carbocycles. The van der Waals surface area contributed by atoms with E-state index in [4.69, 9.17) is 0 Å². The van der Waals surface area contributed by atoms with Gasteiger partial charge in [-0.3, -0.25) is 0 Å². The van der Waals surface area contributed by atoms with E-state index in [0.717, 1.165) is 22.5 Å². The predicted octanol–water partition coefficient (Wildman–Crippen LogP) is 9.60. The SMILES string of the molecule is C=C/C(=C\C=CC)N1/C=C\C=C/C(=C)c2ccc3c(c21)C(c1ccccc1)(c1ccccc1)c1ccccc1-3. The molecular weight excluding hydrogens is 470 g/mol. The van der Waals surface area contributed by atoms with Crippen molar-refractivity contribution in [2.75, 3.05) is 4.90 Å². The van der Waals surface area contributed by atoms with E-state index in [-0.39, 0.29) is 0 Å². The molecule has 6 rings (SSSR count). The molecule has 0 saturated carbocycles. The maximum absolute atomic E-state index is 4.50. The zero-order valence-electron chi connectivity index (χ0n) is 22.2. The Morgan fingerprint density at radius 1 is 0.744 bits per heavy atom. The molecule has 1 aliphatic heterocycles. The van der Waals surface area contributed by atoms with Gasteiger partial charge < -0.3 is 4.90 Å². The summed E-state index contributed by atoms with van der Waals surface area (Å²) in [6, 6.07) is 35.2. The van der Waals surface area contributed by atoms with Crippen LogP contribution in [-0.2, 0) is 5.41 Å². The average Bonchev–Trinajstić information content (AvgIpc) is 3.29. The number of anilines is 1. The van der Waals surface area contributed by atoms with Crippen molar-refractivity contribution >= 4 is 11.3 Å². The first-order valence-corrected chi connectivity index (χ1v) is 13.4. The Hall–Kier alpha value is -4.88. The van der Waals surface area contributed by atoms with Gasteiger partial charge in [-0.05, 0) is 58.5 Å². The third-order valence-electron chi connectivity index (χ3n) is 7.77. The van der Waals surface area contributed by atoms with Crippen molar-refractivity contribution in [2.24, 2.45) is 0 Å². The minimum Gasteiger partial charge on any atom is -0.316 e. The minimum absolute atomic E-state index is 0.526. The van der Waals surface area contributed by atoms with Crippen LogP contribution in [0.4, 0.5) is 5.69 Å². The molecule has 0 atom stereocenters. The number of hydrogen-bond donors (Lipinski definition) is 0. The van der Waals surface area contributed by atoms with E-state index >= 15 is 0 Å². The van der Waals surface area contributed by atoms with Crippen molar-refractivity contribution in [1.29, 1.82) is 0 Å². The highest BCUT2D eigenvalue weighted by atomic mass is 15.1. The normalized spacial score (nSPS) is 17.1. The molecule has 0 fully saturated rings. The van der Waals surface area contributed by atoms with Gasteiger partial charge in [0.2, 0.25) is 0 Å². The summed E-state index contributed by atoms with van der Waals surface area (Å²) in [5.74, 6) is 0. The zero-order chi connectivity index (χ0) is 26.8. The Morgan fingerprint density at radius 3 is 2.05 bits per heavy atom. The Labute approximate surface area is 231 Å². The summed E-state index contributed by atoms with van der Waals surface area (Å²) >= 11 is 0. The van der Waals surface area contributed by atoms with Gasteiger partial charge in [0.05, 0.1) is 11.1 Å². The number of hydrogen-bond acceptors (Lipinski definition) is 1. The van der Waals surface area contributed by atoms with Crippen molar-refractivity contribution in [2.45, 2.75) is 12.3 Å². The van der Waals surface area contributed by atoms with Crippen LogP contribution in [0, 0.1) is 0 Å². The lowest BCUT2D eigenvalue weighted by Crippen LogP contribution is -2.31. The molecule has 0 saturated heterocycles. The summed E-state index contributed by atoms with van der Waals surface area (Å²) in [5, 5.41) is 0. The Bertz CT molecular complexity index is 1640. The van der Waals surface area contributed by atoms with Gasteiger partial charge >= 0.3 is 0 Å². The first kappa shape index (κ1) is 24.5. The lowest BCUT2D eigenvalue weighted by Gasteiger charge is -2.38. The van der Waals surface area contributed by atoms with Gasteiger partial charge in [-0.2, -0.15) is 0 Å². The van der Waals surface area contributed by atoms with E-state index in [1.54, 1.807) is 0 Å². The van der Waals surface area contributed by atoms with Crippen LogP contribution in [0.2, 0.25) is 0 Å². The molecule has 1 aliphatic carbocycles. The van der Waals surface area contributed by atoms with Crippen LogP contribution in [-0.4, -0.2) is 0 Å². The van der Waals surface area contributed by atoms with Crippen LogP contribution in [0.1, 0.15) is 34.7 Å². The molecule has 39 heavy (non-hydrogen) atoms. The summed E-state index contributed by atoms with van der Waals surface area (Å²) in [4.78, 5) is 2.28. The molecule has 1 nitrogen and oxygen atoms in total. The topological polar surface area (TPSA) is 3.24 Å². The largest absolute Gasteiger partial charge is 0.316 e. The van der Waals surface area contributed by atoms with E-state index in [2.05, 4.69) is 152 Å². The standard InChI is InChI=1S/C38H31N/c1-4-6-22-31(5-2)39-27-16-15-17-28(3)32-25-26-34-33-23-13-14-24-35(33)38(36(34)37(32)39,29-18-9-7-10-19-29)30-20-11-8-12-21-30/h4-27H,2-3H2,1H3/b6-4?,17-15-,27-16-,31-22+. The van der Waals surface area contributed by atoms with E-state index in [9.17, 15) is 0 Å². The van der Waals surface area contributed by atoms with Crippen molar-refractivity contribution in [3.63, 3.8) is 0 Å². The van der Waals surface area contributed by atoms with Crippen molar-refractivity contribution in [3.8, 4) is 11.1 Å². The lowest BCUT2D eigenvalue weighted by molar-refractivity contribution is 0.766. The quantitative estimate of drug-likeness (QED) is 0.217. The van der Waals surface area contributed by atoms with E-state index in [0.29, 0.717) is 0 Å². The highest BCUT2D eigenvalue weighted by Gasteiger charge is 2.48. The van der Waals surface area contributed by atoms with Crippen LogP contribution < -0.4 is 4.90 Å². The predicted molar refractivity (Wildman–Crippen MR) is 167 cm³/mol. The van der Waals surface area contributed by atoms with Gasteiger partial charge in [-0.25, -0.2) is 0 Å². The van der Waals surface area contributed by atoms with Crippen LogP contribution >= 0.6 is 0 Å². The lowest BCUT2D eigenvalue weighted by atomic mass is 9.66. The average molecular weight is 502 g/mol. The molecule has 2 aliphatic rings. The first-order chi connectivity index (χ1) is 19.2. The van der Waals surface area contributed by atoms with E-state index in [1.807, 2.05) is 19.1 Å². The van der Waals surface area contributed by atoms with E-state index in [1.165, 1.54) is 33.4 Å². The van der Waals surface area contributed by atoms with Crippen molar-refractivity contribution < 1.29 is 0 Å². The molecule has 188 valence electrons. The number of nitrogens with zero attached hydrogens (tertiary/aromatic N) is 1. The third kappa shape index (κ3) is 3.78. The van der Waals surface area contributed by atoms with Gasteiger partial charge in [-0.1, -0.05) is 135 Å². The number of fused-ring (bicyclic) bond motifs is 5.